The van der Waals surface area contributed by atoms with Crippen LogP contribution in [-0.2, 0) is 38.0 Å². The number of rotatable bonds is 11. The van der Waals surface area contributed by atoms with Crippen molar-refractivity contribution in [1.29, 1.82) is 0 Å². The Balaban J connectivity index is 1.42. The number of nitrogens with one attached hydrogen (secondary N) is 2. The molecule has 3 aliphatic heterocycles. The lowest BCUT2D eigenvalue weighted by Crippen LogP contribution is -2.50. The first-order valence-corrected chi connectivity index (χ1v) is 21.2. The average molecular weight is 861 g/mol. The Kier molecular flexibility index (Phi) is 14.2. The first-order chi connectivity index (χ1) is 28.0. The molecule has 5 rings (SSSR count). The summed E-state index contributed by atoms with van der Waals surface area (Å²) in [6.45, 7) is 27.3. The first kappa shape index (κ1) is 47.7. The van der Waals surface area contributed by atoms with E-state index in [1.807, 2.05) is 34.6 Å². The van der Waals surface area contributed by atoms with E-state index in [0.29, 0.717) is 43.9 Å². The minimum Gasteiger partial charge on any atom is -0.458 e. The number of fused-ring (bicyclic) bond motifs is 2. The van der Waals surface area contributed by atoms with Gasteiger partial charge in [0.15, 0.2) is 29.0 Å². The summed E-state index contributed by atoms with van der Waals surface area (Å²) in [5.74, 6) is -1.32. The zero-order valence-electron chi connectivity index (χ0n) is 38.4. The van der Waals surface area contributed by atoms with Crippen molar-refractivity contribution in [2.24, 2.45) is 5.92 Å². The van der Waals surface area contributed by atoms with Crippen LogP contribution < -0.4 is 10.6 Å². The first-order valence-electron chi connectivity index (χ1n) is 21.2. The van der Waals surface area contributed by atoms with E-state index >= 15 is 0 Å². The molecular formula is C42H68N8O11. The van der Waals surface area contributed by atoms with E-state index in [4.69, 9.17) is 33.2 Å². The van der Waals surface area contributed by atoms with Crippen molar-refractivity contribution in [1.82, 2.24) is 34.6 Å². The molecule has 2 aromatic heterocycles. The molecule has 342 valence electrons. The van der Waals surface area contributed by atoms with Gasteiger partial charge in [0.2, 0.25) is 0 Å². The van der Waals surface area contributed by atoms with E-state index in [0.717, 1.165) is 12.8 Å². The third-order valence-electron chi connectivity index (χ3n) is 9.62. The molecule has 6 atom stereocenters. The molecule has 2 N–H and O–H groups in total. The maximum Gasteiger partial charge on any atom is 0.413 e. The van der Waals surface area contributed by atoms with Crippen LogP contribution in [0.1, 0.15) is 122 Å². The van der Waals surface area contributed by atoms with Crippen LogP contribution in [0.3, 0.4) is 0 Å². The standard InChI is InChI=1S/C42H68N8O11/c1-38(2,3)58-34(51)26(46-35(52)59-39(4,5)6)17-19-48(20-25-16-15-18-49(21-25)37(54)61-41(10,11)12)22-27-29-30(57-42(13,14)56-29)33(55-27)50-24-45-28-31(43-23-44-32(28)50)47-36(53)60-40(7,8)9/h23-27,29-30,33H,15-22H2,1-14H3,(H,46,52)(H,43,44,47,53)/t25?,26?,27-,29-,30-,33-/m1/s1. The van der Waals surface area contributed by atoms with Crippen LogP contribution >= 0.6 is 0 Å². The van der Waals surface area contributed by atoms with Crippen molar-refractivity contribution in [2.75, 3.05) is 38.0 Å². The lowest BCUT2D eigenvalue weighted by Gasteiger charge is -2.37. The van der Waals surface area contributed by atoms with Gasteiger partial charge in [-0.2, -0.15) is 0 Å². The number of nitrogens with zero attached hydrogens (tertiary/aromatic N) is 6. The summed E-state index contributed by atoms with van der Waals surface area (Å²) < 4.78 is 44.0. The number of ether oxygens (including phenoxy) is 7. The van der Waals surface area contributed by atoms with Crippen LogP contribution in [0.4, 0.5) is 20.2 Å². The molecule has 2 unspecified atom stereocenters. The zero-order valence-corrected chi connectivity index (χ0v) is 38.4. The van der Waals surface area contributed by atoms with Crippen molar-refractivity contribution < 1.29 is 52.3 Å². The fourth-order valence-electron chi connectivity index (χ4n) is 7.53. The monoisotopic (exact) mass is 861 g/mol. The Morgan fingerprint density at radius 3 is 2.10 bits per heavy atom. The summed E-state index contributed by atoms with van der Waals surface area (Å²) in [4.78, 5) is 69.7. The van der Waals surface area contributed by atoms with Crippen molar-refractivity contribution in [2.45, 2.75) is 175 Å². The van der Waals surface area contributed by atoms with Gasteiger partial charge in [0.25, 0.3) is 0 Å². The molecule has 19 nitrogen and oxygen atoms in total. The molecule has 3 aliphatic rings. The van der Waals surface area contributed by atoms with Gasteiger partial charge in [-0.1, -0.05) is 0 Å². The van der Waals surface area contributed by atoms with E-state index in [2.05, 4.69) is 30.5 Å². The minimum atomic E-state index is -1.03. The Labute approximate surface area is 359 Å². The van der Waals surface area contributed by atoms with Crippen molar-refractivity contribution in [3.05, 3.63) is 12.7 Å². The van der Waals surface area contributed by atoms with Crippen LogP contribution in [0.2, 0.25) is 0 Å². The number of anilines is 1. The summed E-state index contributed by atoms with van der Waals surface area (Å²) in [7, 11) is 0. The van der Waals surface area contributed by atoms with E-state index in [1.54, 1.807) is 78.1 Å². The van der Waals surface area contributed by atoms with Crippen molar-refractivity contribution >= 4 is 41.2 Å². The lowest BCUT2D eigenvalue weighted by molar-refractivity contribution is -0.198. The molecule has 0 saturated carbocycles. The molecule has 0 spiro atoms. The van der Waals surface area contributed by atoms with Gasteiger partial charge in [-0.25, -0.2) is 34.1 Å². The van der Waals surface area contributed by atoms with E-state index in [9.17, 15) is 19.2 Å². The Morgan fingerprint density at radius 2 is 1.46 bits per heavy atom. The van der Waals surface area contributed by atoms with E-state index < -0.39 is 76.9 Å². The normalized spacial score (nSPS) is 23.7. The van der Waals surface area contributed by atoms with Crippen LogP contribution in [0.15, 0.2) is 12.7 Å². The summed E-state index contributed by atoms with van der Waals surface area (Å²) in [5, 5.41) is 5.42. The highest BCUT2D eigenvalue weighted by Crippen LogP contribution is 2.44. The zero-order chi connectivity index (χ0) is 45.3. The number of piperidine rings is 1. The molecule has 3 saturated heterocycles. The molecule has 3 fully saturated rings. The fourth-order valence-corrected chi connectivity index (χ4v) is 7.53. The van der Waals surface area contributed by atoms with Crippen molar-refractivity contribution in [3.8, 4) is 0 Å². The van der Waals surface area contributed by atoms with Crippen LogP contribution in [-0.4, -0.2) is 139 Å². The Bertz CT molecular complexity index is 1880. The summed E-state index contributed by atoms with van der Waals surface area (Å²) >= 11 is 0. The number of carbonyl (C=O) groups excluding carboxylic acids is 4. The average Bonchev–Trinajstić information content (AvgIpc) is 3.74. The number of alkyl carbamates (subject to hydrolysis) is 1. The topological polar surface area (TPSA) is 207 Å². The second-order valence-corrected chi connectivity index (χ2v) is 20.5. The van der Waals surface area contributed by atoms with Gasteiger partial charge in [-0.15, -0.1) is 0 Å². The third-order valence-corrected chi connectivity index (χ3v) is 9.62. The molecule has 0 aromatic carbocycles. The molecule has 2 aromatic rings. The highest BCUT2D eigenvalue weighted by Gasteiger charge is 2.56. The summed E-state index contributed by atoms with van der Waals surface area (Å²) in [6, 6.07) is -1.03. The molecule has 19 heteroatoms. The van der Waals surface area contributed by atoms with Crippen LogP contribution in [0, 0.1) is 5.92 Å². The SMILES string of the molecule is CC(C)(C)OC(=O)Nc1ncnc2c1ncn2[C@@H]1O[C@H](CN(CCC(NC(=O)OC(C)(C)C)C(=O)OC(C)(C)C)CC2CCCN(C(=O)OC(C)(C)C)C2)[C@H]2OC(C)(C)O[C@H]21. The maximum absolute atomic E-state index is 13.6. The van der Waals surface area contributed by atoms with Crippen LogP contribution in [0.5, 0.6) is 0 Å². The molecular weight excluding hydrogens is 793 g/mol. The fraction of sp³-hybridized carbons (Fsp3) is 0.786. The van der Waals surface area contributed by atoms with Crippen molar-refractivity contribution in [3.63, 3.8) is 0 Å². The van der Waals surface area contributed by atoms with E-state index in [-0.39, 0.29) is 24.2 Å². The lowest BCUT2D eigenvalue weighted by atomic mass is 9.97. The Morgan fingerprint density at radius 1 is 0.836 bits per heavy atom. The highest BCUT2D eigenvalue weighted by atomic mass is 16.8. The highest BCUT2D eigenvalue weighted by molar-refractivity contribution is 5.93. The molecule has 0 radical (unpaired) electrons. The number of hydrogen-bond acceptors (Lipinski definition) is 15. The molecule has 61 heavy (non-hydrogen) atoms. The molecule has 0 aliphatic carbocycles. The summed E-state index contributed by atoms with van der Waals surface area (Å²) in [5.41, 5.74) is -2.23. The number of esters is 1. The van der Waals surface area contributed by atoms with Gasteiger partial charge in [0.05, 0.1) is 6.33 Å². The number of hydrogen-bond donors (Lipinski definition) is 2. The third kappa shape index (κ3) is 13.8. The number of carbonyl (C=O) groups is 4. The van der Waals surface area contributed by atoms with Gasteiger partial charge in [0.1, 0.15) is 53.1 Å². The van der Waals surface area contributed by atoms with Gasteiger partial charge in [0, 0.05) is 32.7 Å². The predicted octanol–water partition coefficient (Wildman–Crippen LogP) is 6.17. The number of aromatic nitrogens is 4. The predicted molar refractivity (Wildman–Crippen MR) is 224 cm³/mol. The second kappa shape index (κ2) is 18.2. The van der Waals surface area contributed by atoms with Gasteiger partial charge < -0.3 is 48.3 Å². The minimum absolute atomic E-state index is 0.0513. The maximum atomic E-state index is 13.6. The number of likely N-dealkylation sites (tertiary alicyclic amines) is 1. The molecule has 0 bridgehead atoms. The Hall–Kier alpha value is -4.33. The molecule has 5 heterocycles. The molecule has 3 amide bonds. The van der Waals surface area contributed by atoms with Gasteiger partial charge >= 0.3 is 24.2 Å². The second-order valence-electron chi connectivity index (χ2n) is 20.5. The smallest absolute Gasteiger partial charge is 0.413 e. The quantitative estimate of drug-likeness (QED) is 0.192. The number of imidazole rings is 1. The largest absolute Gasteiger partial charge is 0.458 e. The summed E-state index contributed by atoms with van der Waals surface area (Å²) in [6.07, 6.45) is 0.516. The van der Waals surface area contributed by atoms with E-state index in [1.165, 1.54) is 6.33 Å². The van der Waals surface area contributed by atoms with Crippen LogP contribution in [0.25, 0.3) is 11.2 Å². The van der Waals surface area contributed by atoms with Gasteiger partial charge in [-0.05, 0) is 122 Å². The van der Waals surface area contributed by atoms with Gasteiger partial charge in [-0.3, -0.25) is 9.88 Å². The number of amides is 3.